The number of aromatic hydroxyl groups is 1. The fraction of sp³-hybridized carbons (Fsp3) is 0.150. The van der Waals surface area contributed by atoms with E-state index >= 15 is 0 Å². The number of nitrogens with one attached hydrogen (secondary N) is 1. The molecule has 1 heterocycles. The second-order valence-electron chi connectivity index (χ2n) is 6.06. The Labute approximate surface area is 166 Å². The molecule has 0 unspecified atom stereocenters. The van der Waals surface area contributed by atoms with E-state index in [0.717, 1.165) is 22.2 Å². The van der Waals surface area contributed by atoms with Crippen molar-refractivity contribution in [3.8, 4) is 11.5 Å². The Morgan fingerprint density at radius 2 is 2.00 bits per heavy atom. The zero-order chi connectivity index (χ0) is 20.3. The summed E-state index contributed by atoms with van der Waals surface area (Å²) < 4.78 is 4.98. The third-order valence-electron chi connectivity index (χ3n) is 4.10. The maximum atomic E-state index is 12.5. The number of phenolic OH excluding ortho intramolecular Hbond substituents is 1. The van der Waals surface area contributed by atoms with Crippen LogP contribution >= 0.6 is 11.8 Å². The molecule has 2 aromatic rings. The van der Waals surface area contributed by atoms with Crippen LogP contribution in [0.4, 0.5) is 10.5 Å². The highest BCUT2D eigenvalue weighted by Gasteiger charge is 2.36. The molecule has 1 saturated heterocycles. The molecule has 0 aliphatic carbocycles. The molecule has 0 bridgehead atoms. The van der Waals surface area contributed by atoms with Gasteiger partial charge in [0, 0.05) is 5.69 Å². The van der Waals surface area contributed by atoms with E-state index < -0.39 is 17.1 Å². The van der Waals surface area contributed by atoms with E-state index in [1.807, 2.05) is 19.1 Å². The van der Waals surface area contributed by atoms with Gasteiger partial charge < -0.3 is 15.2 Å². The summed E-state index contributed by atoms with van der Waals surface area (Å²) in [4.78, 5) is 38.1. The second kappa shape index (κ2) is 8.18. The number of nitrogens with zero attached hydrogens (tertiary/aromatic N) is 1. The average Bonchev–Trinajstić information content (AvgIpc) is 2.91. The van der Waals surface area contributed by atoms with Crippen molar-refractivity contribution in [2.24, 2.45) is 0 Å². The highest BCUT2D eigenvalue weighted by atomic mass is 32.2. The number of benzene rings is 2. The van der Waals surface area contributed by atoms with Crippen LogP contribution in [0.1, 0.15) is 11.1 Å². The summed E-state index contributed by atoms with van der Waals surface area (Å²) in [6.45, 7) is 1.48. The number of amides is 3. The van der Waals surface area contributed by atoms with Gasteiger partial charge in [0.2, 0.25) is 5.91 Å². The van der Waals surface area contributed by atoms with Gasteiger partial charge in [-0.1, -0.05) is 24.3 Å². The van der Waals surface area contributed by atoms with Crippen LogP contribution in [0.3, 0.4) is 0 Å². The van der Waals surface area contributed by atoms with Crippen LogP contribution in [0.15, 0.2) is 47.4 Å². The number of carbonyl (C=O) groups is 3. The maximum Gasteiger partial charge on any atom is 0.294 e. The number of thioether (sulfide) groups is 1. The molecule has 0 radical (unpaired) electrons. The van der Waals surface area contributed by atoms with Crippen LogP contribution in [0.5, 0.6) is 11.5 Å². The van der Waals surface area contributed by atoms with E-state index in [0.29, 0.717) is 17.0 Å². The van der Waals surface area contributed by atoms with Gasteiger partial charge in [0.1, 0.15) is 6.54 Å². The predicted octanol–water partition coefficient (Wildman–Crippen LogP) is 3.38. The standard InChI is InChI=1S/C20H18N2O5S/c1-12-5-3-4-6-14(12)21-18(24)11-22-19(25)17(28-20(22)26)10-13-7-8-16(27-2)15(23)9-13/h3-10,23H,11H2,1-2H3,(H,21,24)/b17-10-. The smallest absolute Gasteiger partial charge is 0.294 e. The van der Waals surface area contributed by atoms with E-state index in [2.05, 4.69) is 5.32 Å². The predicted molar refractivity (Wildman–Crippen MR) is 107 cm³/mol. The van der Waals surface area contributed by atoms with Crippen LogP contribution < -0.4 is 10.1 Å². The van der Waals surface area contributed by atoms with E-state index in [4.69, 9.17) is 4.74 Å². The number of carbonyl (C=O) groups excluding carboxylic acids is 3. The molecule has 1 aliphatic heterocycles. The third-order valence-corrected chi connectivity index (χ3v) is 5.00. The summed E-state index contributed by atoms with van der Waals surface area (Å²) in [6.07, 6.45) is 1.49. The number of phenols is 1. The largest absolute Gasteiger partial charge is 0.504 e. The van der Waals surface area contributed by atoms with Crippen molar-refractivity contribution >= 4 is 40.6 Å². The molecule has 144 valence electrons. The van der Waals surface area contributed by atoms with Crippen molar-refractivity contribution in [1.29, 1.82) is 0 Å². The number of rotatable bonds is 5. The summed E-state index contributed by atoms with van der Waals surface area (Å²) in [7, 11) is 1.43. The number of aryl methyl sites for hydroxylation is 1. The number of hydrogen-bond acceptors (Lipinski definition) is 6. The Kier molecular flexibility index (Phi) is 5.70. The Bertz CT molecular complexity index is 986. The molecule has 1 aliphatic rings. The number of hydrogen-bond donors (Lipinski definition) is 2. The summed E-state index contributed by atoms with van der Waals surface area (Å²) >= 11 is 0.750. The number of methoxy groups -OCH3 is 1. The van der Waals surface area contributed by atoms with Gasteiger partial charge in [-0.25, -0.2) is 0 Å². The highest BCUT2D eigenvalue weighted by molar-refractivity contribution is 8.18. The Balaban J connectivity index is 1.72. The van der Waals surface area contributed by atoms with Gasteiger partial charge in [0.15, 0.2) is 11.5 Å². The first kappa shape index (κ1) is 19.5. The summed E-state index contributed by atoms with van der Waals surface area (Å²) in [5.41, 5.74) is 2.04. The van der Waals surface area contributed by atoms with Crippen LogP contribution in [-0.4, -0.2) is 40.7 Å². The average molecular weight is 398 g/mol. The van der Waals surface area contributed by atoms with Crippen LogP contribution in [-0.2, 0) is 9.59 Å². The van der Waals surface area contributed by atoms with Gasteiger partial charge in [0.25, 0.3) is 11.1 Å². The van der Waals surface area contributed by atoms with Crippen molar-refractivity contribution < 1.29 is 24.2 Å². The monoisotopic (exact) mass is 398 g/mol. The Morgan fingerprint density at radius 1 is 1.25 bits per heavy atom. The number of anilines is 1. The molecule has 2 aromatic carbocycles. The van der Waals surface area contributed by atoms with Crippen LogP contribution in [0.25, 0.3) is 6.08 Å². The lowest BCUT2D eigenvalue weighted by Gasteiger charge is -2.13. The zero-order valence-corrected chi connectivity index (χ0v) is 16.1. The molecule has 1 fully saturated rings. The number of para-hydroxylation sites is 1. The van der Waals surface area contributed by atoms with E-state index in [9.17, 15) is 19.5 Å². The zero-order valence-electron chi connectivity index (χ0n) is 15.3. The van der Waals surface area contributed by atoms with Crippen LogP contribution in [0.2, 0.25) is 0 Å². The highest BCUT2D eigenvalue weighted by Crippen LogP contribution is 2.34. The fourth-order valence-electron chi connectivity index (χ4n) is 2.63. The van der Waals surface area contributed by atoms with Gasteiger partial charge in [-0.15, -0.1) is 0 Å². The molecule has 3 rings (SSSR count). The third kappa shape index (κ3) is 4.17. The van der Waals surface area contributed by atoms with E-state index in [-0.39, 0.29) is 17.2 Å². The first-order chi connectivity index (χ1) is 13.4. The fourth-order valence-corrected chi connectivity index (χ4v) is 3.47. The molecule has 28 heavy (non-hydrogen) atoms. The molecular weight excluding hydrogens is 380 g/mol. The van der Waals surface area contributed by atoms with Gasteiger partial charge in [0.05, 0.1) is 12.0 Å². The van der Waals surface area contributed by atoms with Gasteiger partial charge in [-0.3, -0.25) is 19.3 Å². The lowest BCUT2D eigenvalue weighted by molar-refractivity contribution is -0.127. The van der Waals surface area contributed by atoms with E-state index in [1.165, 1.54) is 19.3 Å². The van der Waals surface area contributed by atoms with Crippen LogP contribution in [0, 0.1) is 6.92 Å². The topological polar surface area (TPSA) is 95.9 Å². The Hall–Kier alpha value is -3.26. The minimum Gasteiger partial charge on any atom is -0.504 e. The molecule has 2 N–H and O–H groups in total. The van der Waals surface area contributed by atoms with Crippen molar-refractivity contribution in [2.75, 3.05) is 19.0 Å². The SMILES string of the molecule is COc1ccc(/C=C2\SC(=O)N(CC(=O)Nc3ccccc3C)C2=O)cc1O. The second-order valence-corrected chi connectivity index (χ2v) is 7.06. The molecule has 0 atom stereocenters. The summed E-state index contributed by atoms with van der Waals surface area (Å²) in [6, 6.07) is 11.9. The van der Waals surface area contributed by atoms with Crippen molar-refractivity contribution in [1.82, 2.24) is 4.90 Å². The van der Waals surface area contributed by atoms with Gasteiger partial charge >= 0.3 is 0 Å². The maximum absolute atomic E-state index is 12.5. The molecule has 3 amide bonds. The van der Waals surface area contributed by atoms with Gasteiger partial charge in [-0.2, -0.15) is 0 Å². The normalized spacial score (nSPS) is 15.2. The Morgan fingerprint density at radius 3 is 2.68 bits per heavy atom. The lowest BCUT2D eigenvalue weighted by Crippen LogP contribution is -2.36. The van der Waals surface area contributed by atoms with Crippen molar-refractivity contribution in [2.45, 2.75) is 6.92 Å². The van der Waals surface area contributed by atoms with Crippen molar-refractivity contribution in [3.05, 3.63) is 58.5 Å². The molecule has 7 nitrogen and oxygen atoms in total. The van der Waals surface area contributed by atoms with E-state index in [1.54, 1.807) is 24.3 Å². The molecule has 0 spiro atoms. The minimum absolute atomic E-state index is 0.0758. The molecular formula is C20H18N2O5S. The first-order valence-corrected chi connectivity index (χ1v) is 9.18. The molecule has 8 heteroatoms. The minimum atomic E-state index is -0.551. The number of ether oxygens (including phenoxy) is 1. The van der Waals surface area contributed by atoms with Gasteiger partial charge in [-0.05, 0) is 54.1 Å². The summed E-state index contributed by atoms with van der Waals surface area (Å²) in [5, 5.41) is 12.0. The quantitative estimate of drug-likeness (QED) is 0.750. The number of imide groups is 1. The lowest BCUT2D eigenvalue weighted by atomic mass is 10.2. The molecule has 0 aromatic heterocycles. The van der Waals surface area contributed by atoms with Crippen molar-refractivity contribution in [3.63, 3.8) is 0 Å². The first-order valence-electron chi connectivity index (χ1n) is 8.37. The molecule has 0 saturated carbocycles. The summed E-state index contributed by atoms with van der Waals surface area (Å²) in [5.74, 6) is -0.781.